The van der Waals surface area contributed by atoms with Gasteiger partial charge in [-0.25, -0.2) is 0 Å². The Hall–Kier alpha value is -3.36. The lowest BCUT2D eigenvalue weighted by atomic mass is 9.46. The molecule has 1 aromatic carbocycles. The molecule has 8 nitrogen and oxygen atoms in total. The summed E-state index contributed by atoms with van der Waals surface area (Å²) < 4.78 is 7.11. The van der Waals surface area contributed by atoms with Crippen LogP contribution in [0.25, 0.3) is 11.3 Å². The molecule has 3 saturated carbocycles. The first kappa shape index (κ1) is 27.8. The molecule has 0 radical (unpaired) electrons. The number of nitrogens with zero attached hydrogens (tertiary/aromatic N) is 2. The van der Waals surface area contributed by atoms with Gasteiger partial charge in [0.25, 0.3) is 0 Å². The van der Waals surface area contributed by atoms with Gasteiger partial charge in [0.05, 0.1) is 18.2 Å². The molecule has 216 valence electrons. The third-order valence-corrected chi connectivity index (χ3v) is 10.8. The van der Waals surface area contributed by atoms with E-state index >= 15 is 0 Å². The lowest BCUT2D eigenvalue weighted by molar-refractivity contribution is -0.181. The SMILES string of the molecule is Cn1ccc(-c2ccc(CC(=O)OCC(=O)[C@@]3(O)CCC4C5CCC6=CC(=O)C=CC6(C)C5[C@@H](O)CC43C)cc2)n1. The fourth-order valence-electron chi connectivity index (χ4n) is 8.63. The van der Waals surface area contributed by atoms with Crippen LogP contribution < -0.4 is 0 Å². The molecule has 2 aromatic rings. The second-order valence-corrected chi connectivity index (χ2v) is 12.9. The highest BCUT2D eigenvalue weighted by Crippen LogP contribution is 2.67. The molecule has 0 saturated heterocycles. The minimum Gasteiger partial charge on any atom is -0.457 e. The first-order chi connectivity index (χ1) is 19.4. The standard InChI is InChI=1S/C33H38N2O6/c1-31-13-10-23(36)17-22(31)8-9-24-25-11-14-33(40,32(25,2)18-27(37)30(24)31)28(38)19-41-29(39)16-20-4-6-21(7-5-20)26-12-15-35(3)34-26/h4-7,10,12-13,15,17,24-25,27,30,37,40H,8-9,11,14,16,18-19H2,1-3H3/t24?,25?,27-,30?,31?,32?,33-/m0/s1. The number of aryl methyl sites for hydroxylation is 1. The smallest absolute Gasteiger partial charge is 0.310 e. The molecular weight excluding hydrogens is 520 g/mol. The van der Waals surface area contributed by atoms with Crippen LogP contribution in [0.4, 0.5) is 0 Å². The number of esters is 1. The number of aliphatic hydroxyl groups excluding tert-OH is 1. The monoisotopic (exact) mass is 558 g/mol. The largest absolute Gasteiger partial charge is 0.457 e. The summed E-state index contributed by atoms with van der Waals surface area (Å²) in [7, 11) is 1.85. The van der Waals surface area contributed by atoms with E-state index in [4.69, 9.17) is 4.74 Å². The summed E-state index contributed by atoms with van der Waals surface area (Å²) in [6, 6.07) is 9.38. The van der Waals surface area contributed by atoms with Gasteiger partial charge in [-0.3, -0.25) is 19.1 Å². The maximum absolute atomic E-state index is 13.5. The van der Waals surface area contributed by atoms with Gasteiger partial charge in [0.1, 0.15) is 5.60 Å². The molecule has 2 N–H and O–H groups in total. The summed E-state index contributed by atoms with van der Waals surface area (Å²) in [6.45, 7) is 3.52. The number of Topliss-reactive ketones (excluding diaryl/α,β-unsaturated/α-hetero) is 1. The predicted molar refractivity (Wildman–Crippen MR) is 151 cm³/mol. The number of rotatable bonds is 6. The number of aliphatic hydroxyl groups is 2. The second-order valence-electron chi connectivity index (χ2n) is 12.9. The first-order valence-electron chi connectivity index (χ1n) is 14.6. The number of benzene rings is 1. The number of aromatic nitrogens is 2. The van der Waals surface area contributed by atoms with E-state index in [1.165, 1.54) is 0 Å². The van der Waals surface area contributed by atoms with Crippen LogP contribution in [-0.2, 0) is 32.6 Å². The number of carbonyl (C=O) groups is 3. The Bertz CT molecular complexity index is 1460. The molecule has 0 aliphatic heterocycles. The van der Waals surface area contributed by atoms with Crippen molar-refractivity contribution in [3.8, 4) is 11.3 Å². The number of allylic oxidation sites excluding steroid dienone is 4. The Morgan fingerprint density at radius 3 is 2.61 bits per heavy atom. The fourth-order valence-corrected chi connectivity index (χ4v) is 8.63. The number of hydrogen-bond donors (Lipinski definition) is 2. The molecule has 41 heavy (non-hydrogen) atoms. The van der Waals surface area contributed by atoms with E-state index in [0.717, 1.165) is 35.2 Å². The lowest BCUT2D eigenvalue weighted by Gasteiger charge is -2.59. The van der Waals surface area contributed by atoms with Crippen LogP contribution in [0.1, 0.15) is 51.5 Å². The van der Waals surface area contributed by atoms with Crippen LogP contribution in [0.2, 0.25) is 0 Å². The van der Waals surface area contributed by atoms with Crippen molar-refractivity contribution in [2.75, 3.05) is 6.61 Å². The van der Waals surface area contributed by atoms with Crippen LogP contribution in [0, 0.1) is 28.6 Å². The van der Waals surface area contributed by atoms with E-state index in [9.17, 15) is 24.6 Å². The third-order valence-electron chi connectivity index (χ3n) is 10.8. The van der Waals surface area contributed by atoms with Gasteiger partial charge in [0.2, 0.25) is 5.78 Å². The average Bonchev–Trinajstić information content (AvgIpc) is 3.48. The second kappa shape index (κ2) is 9.88. The third kappa shape index (κ3) is 4.43. The van der Waals surface area contributed by atoms with Crippen LogP contribution in [-0.4, -0.2) is 55.8 Å². The van der Waals surface area contributed by atoms with E-state index < -0.39 is 40.9 Å². The molecule has 3 fully saturated rings. The zero-order chi connectivity index (χ0) is 29.2. The number of hydrogen-bond acceptors (Lipinski definition) is 7. The van der Waals surface area contributed by atoms with Crippen molar-refractivity contribution in [2.24, 2.45) is 35.6 Å². The van der Waals surface area contributed by atoms with Crippen LogP contribution >= 0.6 is 0 Å². The Balaban J connectivity index is 1.12. The molecule has 4 aliphatic rings. The van der Waals surface area contributed by atoms with Crippen LogP contribution in [0.3, 0.4) is 0 Å². The van der Waals surface area contributed by atoms with Crippen molar-refractivity contribution >= 4 is 17.5 Å². The van der Waals surface area contributed by atoms with Crippen molar-refractivity contribution in [3.05, 3.63) is 65.9 Å². The lowest BCUT2D eigenvalue weighted by Crippen LogP contribution is -2.61. The maximum Gasteiger partial charge on any atom is 0.310 e. The number of carbonyl (C=O) groups excluding carboxylic acids is 3. The Labute approximate surface area is 240 Å². The minimum absolute atomic E-state index is 0.0112. The summed E-state index contributed by atoms with van der Waals surface area (Å²) in [4.78, 5) is 38.2. The van der Waals surface area contributed by atoms with E-state index in [1.807, 2.05) is 56.6 Å². The van der Waals surface area contributed by atoms with Gasteiger partial charge >= 0.3 is 5.97 Å². The van der Waals surface area contributed by atoms with Crippen molar-refractivity contribution in [1.29, 1.82) is 0 Å². The highest BCUT2D eigenvalue weighted by molar-refractivity contribution is 6.01. The molecule has 5 unspecified atom stereocenters. The highest BCUT2D eigenvalue weighted by atomic mass is 16.5. The summed E-state index contributed by atoms with van der Waals surface area (Å²) in [6.07, 6.45) is 9.21. The van der Waals surface area contributed by atoms with Gasteiger partial charge in [-0.15, -0.1) is 0 Å². The molecule has 8 heteroatoms. The summed E-state index contributed by atoms with van der Waals surface area (Å²) in [5.74, 6) is -0.969. The average molecular weight is 559 g/mol. The number of fused-ring (bicyclic) bond motifs is 5. The zero-order valence-corrected chi connectivity index (χ0v) is 23.9. The van der Waals surface area contributed by atoms with Gasteiger partial charge < -0.3 is 14.9 Å². The van der Waals surface area contributed by atoms with Crippen molar-refractivity contribution in [2.45, 2.75) is 64.1 Å². The highest BCUT2D eigenvalue weighted by Gasteiger charge is 2.68. The summed E-state index contributed by atoms with van der Waals surface area (Å²) in [5.41, 5.74) is 0.687. The molecule has 0 spiro atoms. The van der Waals surface area contributed by atoms with Gasteiger partial charge in [-0.1, -0.05) is 49.8 Å². The van der Waals surface area contributed by atoms with Gasteiger partial charge in [0, 0.05) is 35.6 Å². The van der Waals surface area contributed by atoms with E-state index in [2.05, 4.69) is 12.0 Å². The molecule has 1 heterocycles. The van der Waals surface area contributed by atoms with Gasteiger partial charge in [-0.2, -0.15) is 5.10 Å². The van der Waals surface area contributed by atoms with E-state index in [1.54, 1.807) is 16.8 Å². The fraction of sp³-hybridized carbons (Fsp3) is 0.515. The topological polar surface area (TPSA) is 119 Å². The first-order valence-corrected chi connectivity index (χ1v) is 14.6. The molecule has 0 bridgehead atoms. The molecular formula is C33H38N2O6. The van der Waals surface area contributed by atoms with Crippen molar-refractivity contribution in [3.63, 3.8) is 0 Å². The van der Waals surface area contributed by atoms with Crippen molar-refractivity contribution < 1.29 is 29.3 Å². The van der Waals surface area contributed by atoms with Gasteiger partial charge in [-0.05, 0) is 67.7 Å². The molecule has 6 rings (SSSR count). The Morgan fingerprint density at radius 1 is 1.15 bits per heavy atom. The molecule has 0 amide bonds. The predicted octanol–water partition coefficient (Wildman–Crippen LogP) is 3.75. The van der Waals surface area contributed by atoms with Crippen LogP contribution in [0.5, 0.6) is 0 Å². The number of ether oxygens (including phenoxy) is 1. The minimum atomic E-state index is -1.68. The number of ketones is 2. The maximum atomic E-state index is 13.5. The molecule has 1 aromatic heterocycles. The Morgan fingerprint density at radius 2 is 1.90 bits per heavy atom. The van der Waals surface area contributed by atoms with Crippen molar-refractivity contribution in [1.82, 2.24) is 9.78 Å². The summed E-state index contributed by atoms with van der Waals surface area (Å²) >= 11 is 0. The molecule has 7 atom stereocenters. The van der Waals surface area contributed by atoms with Gasteiger partial charge in [0.15, 0.2) is 12.4 Å². The summed E-state index contributed by atoms with van der Waals surface area (Å²) in [5, 5.41) is 27.8. The van der Waals surface area contributed by atoms with E-state index in [0.29, 0.717) is 6.42 Å². The Kier molecular flexibility index (Phi) is 6.70. The quantitative estimate of drug-likeness (QED) is 0.519. The molecule has 4 aliphatic carbocycles. The normalized spacial score (nSPS) is 35.7. The van der Waals surface area contributed by atoms with Crippen LogP contribution in [0.15, 0.2) is 60.3 Å². The van der Waals surface area contributed by atoms with E-state index in [-0.39, 0.29) is 42.8 Å². The zero-order valence-electron chi connectivity index (χ0n) is 23.9.